The number of nitrogens with one attached hydrogen (secondary N) is 1. The van der Waals surface area contributed by atoms with Crippen LogP contribution < -0.4 is 5.32 Å². The molecular formula is C22H24N6OS. The van der Waals surface area contributed by atoms with Gasteiger partial charge >= 0.3 is 0 Å². The number of benzene rings is 1. The van der Waals surface area contributed by atoms with Gasteiger partial charge in [-0.1, -0.05) is 12.1 Å². The van der Waals surface area contributed by atoms with Crippen LogP contribution >= 0.6 is 11.3 Å². The highest BCUT2D eigenvalue weighted by Crippen LogP contribution is 2.60. The maximum atomic E-state index is 12.9. The summed E-state index contributed by atoms with van der Waals surface area (Å²) in [4.78, 5) is 19.3. The largest absolute Gasteiger partial charge is 0.347 e. The molecule has 1 amide bonds. The third kappa shape index (κ3) is 2.96. The Balaban J connectivity index is 1.23. The predicted molar refractivity (Wildman–Crippen MR) is 115 cm³/mol. The van der Waals surface area contributed by atoms with E-state index in [0.29, 0.717) is 17.7 Å². The van der Waals surface area contributed by atoms with Crippen molar-refractivity contribution in [2.45, 2.75) is 56.5 Å². The molecule has 1 N–H and O–H groups in total. The molecule has 0 radical (unpaired) electrons. The van der Waals surface area contributed by atoms with Crippen LogP contribution in [0.4, 0.5) is 0 Å². The number of thiazole rings is 1. The second-order valence-electron chi connectivity index (χ2n) is 9.43. The zero-order valence-corrected chi connectivity index (χ0v) is 17.7. The van der Waals surface area contributed by atoms with Crippen LogP contribution in [0.1, 0.15) is 49.4 Å². The minimum absolute atomic E-state index is 0.0333. The molecule has 2 aromatic heterocycles. The summed E-state index contributed by atoms with van der Waals surface area (Å²) in [6, 6.07) is 8.04. The third-order valence-electron chi connectivity index (χ3n) is 7.04. The topological polar surface area (TPSA) is 85.6 Å². The Hall–Kier alpha value is -2.61. The number of hydrogen-bond acceptors (Lipinski definition) is 6. The molecule has 1 aromatic carbocycles. The number of nitrogens with zero attached hydrogens (tertiary/aromatic N) is 5. The molecule has 4 fully saturated rings. The fraction of sp³-hybridized carbons (Fsp3) is 0.500. The molecule has 4 bridgehead atoms. The zero-order chi connectivity index (χ0) is 20.3. The molecule has 2 unspecified atom stereocenters. The van der Waals surface area contributed by atoms with Crippen LogP contribution in [0.15, 0.2) is 30.3 Å². The highest BCUT2D eigenvalue weighted by molar-refractivity contribution is 7.19. The Morgan fingerprint density at radius 1 is 1.23 bits per heavy atom. The third-order valence-corrected chi connectivity index (χ3v) is 8.05. The molecule has 4 aliphatic carbocycles. The summed E-state index contributed by atoms with van der Waals surface area (Å²) in [6.45, 7) is 1.88. The van der Waals surface area contributed by atoms with Crippen LogP contribution in [0.3, 0.4) is 0 Å². The average Bonchev–Trinajstić information content (AvgIpc) is 3.31. The molecule has 0 saturated heterocycles. The van der Waals surface area contributed by atoms with Crippen molar-refractivity contribution in [2.75, 3.05) is 0 Å². The van der Waals surface area contributed by atoms with E-state index >= 15 is 0 Å². The lowest BCUT2D eigenvalue weighted by atomic mass is 9.50. The van der Waals surface area contributed by atoms with Gasteiger partial charge in [0, 0.05) is 11.6 Å². The molecule has 4 aliphatic rings. The van der Waals surface area contributed by atoms with Gasteiger partial charge in [-0.15, -0.1) is 21.5 Å². The summed E-state index contributed by atoms with van der Waals surface area (Å²) in [5.74, 6) is 1.91. The predicted octanol–water partition coefficient (Wildman–Crippen LogP) is 3.47. The standard InChI is InChI=1S/C22H24N6OS/c1-14-25-27-28(26-14)22-11-15-8-16(12-22)10-21(9-15,13-22)24-19(29)6-7-20-23-17-4-2-3-5-18(17)30-20/h2-7,15-16H,8-13H2,1H3,(H,24,29). The lowest BCUT2D eigenvalue weighted by molar-refractivity contribution is -0.127. The SMILES string of the molecule is Cc1nnn(C23CC4CC(CC(NC(=O)C=Cc5nc6ccccc6s5)(C4)C2)C3)n1. The average molecular weight is 421 g/mol. The van der Waals surface area contributed by atoms with Crippen molar-refractivity contribution < 1.29 is 4.79 Å². The molecule has 0 aliphatic heterocycles. The van der Waals surface area contributed by atoms with E-state index in [9.17, 15) is 4.79 Å². The number of para-hydroxylation sites is 1. The number of carbonyl (C=O) groups excluding carboxylic acids is 1. The molecule has 3 aromatic rings. The second kappa shape index (κ2) is 6.44. The van der Waals surface area contributed by atoms with Gasteiger partial charge in [0.05, 0.1) is 15.8 Å². The van der Waals surface area contributed by atoms with Gasteiger partial charge in [-0.3, -0.25) is 4.79 Å². The highest BCUT2D eigenvalue weighted by atomic mass is 32.1. The number of hydrogen-bond donors (Lipinski definition) is 1. The zero-order valence-electron chi connectivity index (χ0n) is 16.9. The Labute approximate surface area is 178 Å². The fourth-order valence-electron chi connectivity index (χ4n) is 6.49. The minimum Gasteiger partial charge on any atom is -0.347 e. The number of fused-ring (bicyclic) bond motifs is 1. The number of aromatic nitrogens is 5. The molecular weight excluding hydrogens is 396 g/mol. The Kier molecular flexibility index (Phi) is 3.90. The van der Waals surface area contributed by atoms with Gasteiger partial charge in [0.15, 0.2) is 5.82 Å². The first kappa shape index (κ1) is 18.2. The van der Waals surface area contributed by atoms with Crippen LogP contribution in [-0.2, 0) is 10.3 Å². The number of aryl methyl sites for hydroxylation is 1. The first-order valence-electron chi connectivity index (χ1n) is 10.6. The molecule has 2 heterocycles. The van der Waals surface area contributed by atoms with E-state index in [4.69, 9.17) is 0 Å². The van der Waals surface area contributed by atoms with Crippen molar-refractivity contribution in [3.05, 3.63) is 41.2 Å². The van der Waals surface area contributed by atoms with Crippen molar-refractivity contribution in [1.29, 1.82) is 0 Å². The van der Waals surface area contributed by atoms with E-state index in [1.165, 1.54) is 6.42 Å². The van der Waals surface area contributed by atoms with E-state index in [1.54, 1.807) is 17.4 Å². The smallest absolute Gasteiger partial charge is 0.244 e. The lowest BCUT2D eigenvalue weighted by Crippen LogP contribution is -2.66. The van der Waals surface area contributed by atoms with E-state index in [1.807, 2.05) is 36.0 Å². The molecule has 7 nitrogen and oxygen atoms in total. The minimum atomic E-state index is -0.166. The first-order valence-corrected chi connectivity index (χ1v) is 11.5. The van der Waals surface area contributed by atoms with E-state index in [2.05, 4.69) is 31.8 Å². The van der Waals surface area contributed by atoms with Crippen molar-refractivity contribution >= 4 is 33.5 Å². The van der Waals surface area contributed by atoms with Gasteiger partial charge in [-0.2, -0.15) is 4.80 Å². The van der Waals surface area contributed by atoms with Gasteiger partial charge in [-0.05, 0) is 80.7 Å². The number of rotatable bonds is 4. The van der Waals surface area contributed by atoms with Crippen LogP contribution in [0, 0.1) is 18.8 Å². The van der Waals surface area contributed by atoms with Gasteiger partial charge in [0.1, 0.15) is 5.01 Å². The maximum Gasteiger partial charge on any atom is 0.244 e. The molecule has 8 heteroatoms. The van der Waals surface area contributed by atoms with Gasteiger partial charge in [-0.25, -0.2) is 4.98 Å². The fourth-order valence-corrected chi connectivity index (χ4v) is 7.36. The summed E-state index contributed by atoms with van der Waals surface area (Å²) in [5.41, 5.74) is 0.705. The van der Waals surface area contributed by atoms with Gasteiger partial charge in [0.25, 0.3) is 0 Å². The second-order valence-corrected chi connectivity index (χ2v) is 10.5. The maximum absolute atomic E-state index is 12.9. The lowest BCUT2D eigenvalue weighted by Gasteiger charge is -2.61. The molecule has 30 heavy (non-hydrogen) atoms. The normalized spacial score (nSPS) is 32.3. The number of tetrazole rings is 1. The molecule has 2 atom stereocenters. The summed E-state index contributed by atoms with van der Waals surface area (Å²) < 4.78 is 1.14. The molecule has 7 rings (SSSR count). The van der Waals surface area contributed by atoms with Crippen molar-refractivity contribution in [3.63, 3.8) is 0 Å². The molecule has 154 valence electrons. The van der Waals surface area contributed by atoms with Crippen molar-refractivity contribution in [1.82, 2.24) is 30.5 Å². The van der Waals surface area contributed by atoms with Crippen LogP contribution in [-0.4, -0.2) is 36.6 Å². The van der Waals surface area contributed by atoms with Crippen molar-refractivity contribution in [3.8, 4) is 0 Å². The first-order chi connectivity index (χ1) is 14.5. The quantitative estimate of drug-likeness (QED) is 0.653. The van der Waals surface area contributed by atoms with Crippen LogP contribution in [0.25, 0.3) is 16.3 Å². The Morgan fingerprint density at radius 3 is 2.77 bits per heavy atom. The van der Waals surface area contributed by atoms with Gasteiger partial charge < -0.3 is 5.32 Å². The summed E-state index contributed by atoms with van der Waals surface area (Å²) in [5, 5.41) is 17.3. The summed E-state index contributed by atoms with van der Waals surface area (Å²) >= 11 is 1.60. The van der Waals surface area contributed by atoms with Gasteiger partial charge in [0.2, 0.25) is 5.91 Å². The number of carbonyl (C=O) groups is 1. The van der Waals surface area contributed by atoms with Crippen LogP contribution in [0.2, 0.25) is 0 Å². The number of amides is 1. The van der Waals surface area contributed by atoms with E-state index < -0.39 is 0 Å². The Morgan fingerprint density at radius 2 is 2.03 bits per heavy atom. The Bertz CT molecular complexity index is 1120. The van der Waals surface area contributed by atoms with Crippen LogP contribution in [0.5, 0.6) is 0 Å². The molecule has 4 saturated carbocycles. The van der Waals surface area contributed by atoms with E-state index in [-0.39, 0.29) is 17.0 Å². The van der Waals surface area contributed by atoms with E-state index in [0.717, 1.165) is 47.3 Å². The highest BCUT2D eigenvalue weighted by Gasteiger charge is 2.60. The monoisotopic (exact) mass is 420 g/mol. The summed E-state index contributed by atoms with van der Waals surface area (Å²) in [7, 11) is 0. The summed E-state index contributed by atoms with van der Waals surface area (Å²) in [6.07, 6.45) is 9.92. The van der Waals surface area contributed by atoms with Crippen molar-refractivity contribution in [2.24, 2.45) is 11.8 Å². The molecule has 0 spiro atoms.